The van der Waals surface area contributed by atoms with E-state index in [-0.39, 0.29) is 0 Å². The Hall–Kier alpha value is -1.35. The number of nitrogens with two attached hydrogens (primary N) is 1. The summed E-state index contributed by atoms with van der Waals surface area (Å²) < 4.78 is 4.93. The molecule has 13 heavy (non-hydrogen) atoms. The van der Waals surface area contributed by atoms with Gasteiger partial charge in [0.15, 0.2) is 0 Å². The Morgan fingerprint density at radius 2 is 2.00 bits per heavy atom. The third kappa shape index (κ3) is 2.87. The molecule has 3 nitrogen and oxygen atoms in total. The number of methoxy groups -OCH3 is 1. The lowest BCUT2D eigenvalue weighted by molar-refractivity contribution is 0.100. The van der Waals surface area contributed by atoms with Crippen LogP contribution in [-0.4, -0.2) is 19.6 Å². The number of carbonyl (C=O) groups is 1. The Morgan fingerprint density at radius 1 is 1.38 bits per heavy atom. The number of primary amides is 1. The van der Waals surface area contributed by atoms with Gasteiger partial charge in [0, 0.05) is 12.7 Å². The van der Waals surface area contributed by atoms with Crippen LogP contribution in [0.15, 0.2) is 24.3 Å². The van der Waals surface area contributed by atoms with E-state index in [0.29, 0.717) is 12.2 Å². The molecule has 0 saturated carbocycles. The molecule has 0 heterocycles. The van der Waals surface area contributed by atoms with E-state index >= 15 is 0 Å². The summed E-state index contributed by atoms with van der Waals surface area (Å²) >= 11 is 0. The first-order valence-corrected chi connectivity index (χ1v) is 4.11. The van der Waals surface area contributed by atoms with Gasteiger partial charge in [-0.2, -0.15) is 0 Å². The molecule has 0 spiro atoms. The highest BCUT2D eigenvalue weighted by atomic mass is 16.5. The molecule has 0 aliphatic rings. The highest BCUT2D eigenvalue weighted by Crippen LogP contribution is 2.04. The molecule has 2 N–H and O–H groups in total. The summed E-state index contributed by atoms with van der Waals surface area (Å²) in [7, 11) is 1.66. The maximum atomic E-state index is 10.7. The predicted molar refractivity (Wildman–Crippen MR) is 50.5 cm³/mol. The van der Waals surface area contributed by atoms with E-state index in [1.165, 1.54) is 0 Å². The van der Waals surface area contributed by atoms with Gasteiger partial charge in [0.05, 0.1) is 6.61 Å². The third-order valence-electron chi connectivity index (χ3n) is 1.83. The van der Waals surface area contributed by atoms with Crippen LogP contribution in [0, 0.1) is 0 Å². The molecule has 0 fully saturated rings. The first kappa shape index (κ1) is 9.74. The molecule has 0 bridgehead atoms. The van der Waals surface area contributed by atoms with Crippen LogP contribution in [0.4, 0.5) is 0 Å². The van der Waals surface area contributed by atoms with Gasteiger partial charge in [0.1, 0.15) is 0 Å². The number of rotatable bonds is 4. The summed E-state index contributed by atoms with van der Waals surface area (Å²) in [4.78, 5) is 10.7. The van der Waals surface area contributed by atoms with E-state index in [4.69, 9.17) is 10.5 Å². The number of hydrogen-bond acceptors (Lipinski definition) is 2. The zero-order valence-corrected chi connectivity index (χ0v) is 7.62. The van der Waals surface area contributed by atoms with Crippen LogP contribution in [0.25, 0.3) is 0 Å². The quantitative estimate of drug-likeness (QED) is 0.748. The Balaban J connectivity index is 2.64. The Morgan fingerprint density at radius 3 is 2.46 bits per heavy atom. The second-order valence-corrected chi connectivity index (χ2v) is 2.80. The molecular weight excluding hydrogens is 166 g/mol. The van der Waals surface area contributed by atoms with Crippen molar-refractivity contribution in [2.45, 2.75) is 6.42 Å². The standard InChI is InChI=1S/C10H13NO2/c1-13-7-6-8-2-4-9(5-3-8)10(11)12/h2-5H,6-7H2,1H3,(H2,11,12). The minimum atomic E-state index is -0.390. The summed E-state index contributed by atoms with van der Waals surface area (Å²) in [5.41, 5.74) is 6.79. The van der Waals surface area contributed by atoms with E-state index in [1.54, 1.807) is 19.2 Å². The number of hydrogen-bond donors (Lipinski definition) is 1. The fourth-order valence-corrected chi connectivity index (χ4v) is 1.06. The SMILES string of the molecule is COCCc1ccc(C(N)=O)cc1. The number of ether oxygens (including phenoxy) is 1. The highest BCUT2D eigenvalue weighted by Gasteiger charge is 1.98. The second-order valence-electron chi connectivity index (χ2n) is 2.80. The number of benzene rings is 1. The molecule has 0 radical (unpaired) electrons. The van der Waals surface area contributed by atoms with Gasteiger partial charge in [-0.15, -0.1) is 0 Å². The zero-order valence-electron chi connectivity index (χ0n) is 7.62. The van der Waals surface area contributed by atoms with Crippen LogP contribution in [0.2, 0.25) is 0 Å². The maximum Gasteiger partial charge on any atom is 0.248 e. The summed E-state index contributed by atoms with van der Waals surface area (Å²) in [6.45, 7) is 0.690. The zero-order chi connectivity index (χ0) is 9.68. The minimum absolute atomic E-state index is 0.390. The average molecular weight is 179 g/mol. The average Bonchev–Trinajstić information content (AvgIpc) is 2.15. The monoisotopic (exact) mass is 179 g/mol. The molecule has 1 aromatic carbocycles. The smallest absolute Gasteiger partial charge is 0.248 e. The van der Waals surface area contributed by atoms with Gasteiger partial charge >= 0.3 is 0 Å². The van der Waals surface area contributed by atoms with E-state index in [1.807, 2.05) is 12.1 Å². The molecule has 0 aliphatic carbocycles. The van der Waals surface area contributed by atoms with E-state index < -0.39 is 5.91 Å². The van der Waals surface area contributed by atoms with Gasteiger partial charge < -0.3 is 10.5 Å². The molecule has 1 rings (SSSR count). The molecule has 0 saturated heterocycles. The molecule has 1 aromatic rings. The van der Waals surface area contributed by atoms with E-state index in [2.05, 4.69) is 0 Å². The lowest BCUT2D eigenvalue weighted by Crippen LogP contribution is -2.10. The summed E-state index contributed by atoms with van der Waals surface area (Å²) in [6.07, 6.45) is 0.857. The largest absolute Gasteiger partial charge is 0.384 e. The van der Waals surface area contributed by atoms with Crippen molar-refractivity contribution >= 4 is 5.91 Å². The lowest BCUT2D eigenvalue weighted by Gasteiger charge is -2.00. The van der Waals surface area contributed by atoms with Gasteiger partial charge in [-0.25, -0.2) is 0 Å². The lowest BCUT2D eigenvalue weighted by atomic mass is 10.1. The Bertz CT molecular complexity index is 279. The predicted octanol–water partition coefficient (Wildman–Crippen LogP) is 0.974. The second kappa shape index (κ2) is 4.62. The molecule has 0 aliphatic heterocycles. The molecule has 0 aromatic heterocycles. The summed E-state index contributed by atoms with van der Waals surface area (Å²) in [6, 6.07) is 7.24. The Kier molecular flexibility index (Phi) is 3.46. The van der Waals surface area contributed by atoms with Crippen molar-refractivity contribution in [3.8, 4) is 0 Å². The molecular formula is C10H13NO2. The highest BCUT2D eigenvalue weighted by molar-refractivity contribution is 5.92. The van der Waals surface area contributed by atoms with Crippen molar-refractivity contribution in [1.29, 1.82) is 0 Å². The fourth-order valence-electron chi connectivity index (χ4n) is 1.06. The molecule has 70 valence electrons. The molecule has 0 atom stereocenters. The van der Waals surface area contributed by atoms with Gasteiger partial charge in [0.2, 0.25) is 5.91 Å². The topological polar surface area (TPSA) is 52.3 Å². The number of carbonyl (C=O) groups excluding carboxylic acids is 1. The van der Waals surface area contributed by atoms with Crippen molar-refractivity contribution in [3.05, 3.63) is 35.4 Å². The first-order chi connectivity index (χ1) is 6.24. The molecule has 0 unspecified atom stereocenters. The molecule has 3 heteroatoms. The van der Waals surface area contributed by atoms with Gasteiger partial charge in [0.25, 0.3) is 0 Å². The van der Waals surface area contributed by atoms with Crippen LogP contribution in [0.3, 0.4) is 0 Å². The van der Waals surface area contributed by atoms with Crippen LogP contribution in [0.5, 0.6) is 0 Å². The van der Waals surface area contributed by atoms with Crippen molar-refractivity contribution < 1.29 is 9.53 Å². The first-order valence-electron chi connectivity index (χ1n) is 4.11. The molecule has 1 amide bonds. The normalized spacial score (nSPS) is 9.92. The van der Waals surface area contributed by atoms with Crippen molar-refractivity contribution in [2.24, 2.45) is 5.73 Å². The van der Waals surface area contributed by atoms with Gasteiger partial charge in [-0.1, -0.05) is 12.1 Å². The van der Waals surface area contributed by atoms with Gasteiger partial charge in [-0.05, 0) is 24.1 Å². The van der Waals surface area contributed by atoms with Crippen LogP contribution in [0.1, 0.15) is 15.9 Å². The Labute approximate surface area is 77.5 Å². The van der Waals surface area contributed by atoms with Crippen LogP contribution >= 0.6 is 0 Å². The van der Waals surface area contributed by atoms with Crippen molar-refractivity contribution in [2.75, 3.05) is 13.7 Å². The summed E-state index contributed by atoms with van der Waals surface area (Å²) in [5.74, 6) is -0.390. The van der Waals surface area contributed by atoms with Crippen LogP contribution in [-0.2, 0) is 11.2 Å². The minimum Gasteiger partial charge on any atom is -0.384 e. The van der Waals surface area contributed by atoms with Crippen molar-refractivity contribution in [3.63, 3.8) is 0 Å². The maximum absolute atomic E-state index is 10.7. The number of amides is 1. The summed E-state index contributed by atoms with van der Waals surface area (Å²) in [5, 5.41) is 0. The fraction of sp³-hybridized carbons (Fsp3) is 0.300. The van der Waals surface area contributed by atoms with Crippen molar-refractivity contribution in [1.82, 2.24) is 0 Å². The third-order valence-corrected chi connectivity index (χ3v) is 1.83. The van der Waals surface area contributed by atoms with Crippen LogP contribution < -0.4 is 5.73 Å². The van der Waals surface area contributed by atoms with E-state index in [9.17, 15) is 4.79 Å². The van der Waals surface area contributed by atoms with Gasteiger partial charge in [-0.3, -0.25) is 4.79 Å². The van der Waals surface area contributed by atoms with E-state index in [0.717, 1.165) is 12.0 Å².